The highest BCUT2D eigenvalue weighted by Gasteiger charge is 2.37. The van der Waals surface area contributed by atoms with Gasteiger partial charge in [-0.25, -0.2) is 0 Å². The van der Waals surface area contributed by atoms with E-state index in [0.29, 0.717) is 23.7 Å². The average Bonchev–Trinajstić information content (AvgIpc) is 2.93. The molecule has 0 bridgehead atoms. The van der Waals surface area contributed by atoms with E-state index in [-0.39, 0.29) is 29.4 Å². The van der Waals surface area contributed by atoms with Crippen LogP contribution in [0.4, 0.5) is 4.79 Å². The van der Waals surface area contributed by atoms with Crippen LogP contribution < -0.4 is 9.47 Å². The van der Waals surface area contributed by atoms with Crippen LogP contribution in [-0.2, 0) is 9.59 Å². The van der Waals surface area contributed by atoms with Gasteiger partial charge < -0.3 is 14.4 Å². The maximum Gasteiger partial charge on any atom is 0.294 e. The molecule has 0 saturated carbocycles. The van der Waals surface area contributed by atoms with Crippen LogP contribution in [0.1, 0.15) is 33.3 Å². The minimum Gasteiger partial charge on any atom is -0.493 e. The molecule has 0 aromatic heterocycles. The highest BCUT2D eigenvalue weighted by Crippen LogP contribution is 2.34. The first-order valence-electron chi connectivity index (χ1n) is 9.67. The maximum atomic E-state index is 12.8. The van der Waals surface area contributed by atoms with Gasteiger partial charge in [-0.05, 0) is 63.2 Å². The molecule has 1 heterocycles. The molecule has 0 unspecified atom stereocenters. The molecule has 1 aliphatic rings. The molecular formula is C22H28N2O5S. The molecule has 3 amide bonds. The molecule has 1 aromatic carbocycles. The van der Waals surface area contributed by atoms with Crippen LogP contribution in [0, 0.1) is 0 Å². The lowest BCUT2D eigenvalue weighted by molar-refractivity contribution is -0.138. The number of hydrogen-bond donors (Lipinski definition) is 0. The lowest BCUT2D eigenvalue weighted by Crippen LogP contribution is -2.48. The summed E-state index contributed by atoms with van der Waals surface area (Å²) in [4.78, 5) is 40.7. The standard InChI is InChI=1S/C22H28N2O5S/c1-7-10-29-17-9-8-16(11-18(17)28-6)12-19-21(26)23(22(27)30-19)13-20(25)24(14(2)3)15(4)5/h7-9,11-12,14-15H,1,10,13H2,2-6H3/b19-12-. The zero-order valence-electron chi connectivity index (χ0n) is 18.0. The Hall–Kier alpha value is -2.74. The zero-order chi connectivity index (χ0) is 22.4. The number of carbonyl (C=O) groups is 3. The monoisotopic (exact) mass is 432 g/mol. The number of methoxy groups -OCH3 is 1. The minimum absolute atomic E-state index is 0.0257. The fraction of sp³-hybridized carbons (Fsp3) is 0.409. The van der Waals surface area contributed by atoms with Gasteiger partial charge in [0.1, 0.15) is 13.2 Å². The largest absolute Gasteiger partial charge is 0.493 e. The third kappa shape index (κ3) is 5.44. The number of amides is 3. The van der Waals surface area contributed by atoms with Crippen molar-refractivity contribution in [1.82, 2.24) is 9.80 Å². The van der Waals surface area contributed by atoms with E-state index in [4.69, 9.17) is 9.47 Å². The van der Waals surface area contributed by atoms with Gasteiger partial charge in [0, 0.05) is 12.1 Å². The summed E-state index contributed by atoms with van der Waals surface area (Å²) in [5, 5.41) is -0.454. The average molecular weight is 433 g/mol. The lowest BCUT2D eigenvalue weighted by atomic mass is 10.2. The third-order valence-electron chi connectivity index (χ3n) is 4.41. The van der Waals surface area contributed by atoms with Crippen LogP contribution in [0.25, 0.3) is 6.08 Å². The van der Waals surface area contributed by atoms with Gasteiger partial charge in [0.15, 0.2) is 11.5 Å². The Labute approximate surface area is 181 Å². The van der Waals surface area contributed by atoms with E-state index in [1.165, 1.54) is 7.11 Å². The molecular weight excluding hydrogens is 404 g/mol. The Kier molecular flexibility index (Phi) is 8.11. The molecule has 0 N–H and O–H groups in total. The smallest absolute Gasteiger partial charge is 0.294 e. The van der Waals surface area contributed by atoms with E-state index >= 15 is 0 Å². The number of carbonyl (C=O) groups excluding carboxylic acids is 3. The Bertz CT molecular complexity index is 855. The second kappa shape index (κ2) is 10.3. The van der Waals surface area contributed by atoms with Crippen LogP contribution in [0.3, 0.4) is 0 Å². The molecule has 0 spiro atoms. The van der Waals surface area contributed by atoms with E-state index in [1.807, 2.05) is 27.7 Å². The van der Waals surface area contributed by atoms with E-state index in [9.17, 15) is 14.4 Å². The first kappa shape index (κ1) is 23.5. The fourth-order valence-corrected chi connectivity index (χ4v) is 4.06. The molecule has 1 aromatic rings. The third-order valence-corrected chi connectivity index (χ3v) is 5.32. The van der Waals surface area contributed by atoms with Gasteiger partial charge in [-0.3, -0.25) is 19.3 Å². The lowest BCUT2D eigenvalue weighted by Gasteiger charge is -2.31. The van der Waals surface area contributed by atoms with Crippen molar-refractivity contribution < 1.29 is 23.9 Å². The van der Waals surface area contributed by atoms with Gasteiger partial charge in [-0.2, -0.15) is 0 Å². The van der Waals surface area contributed by atoms with Crippen molar-refractivity contribution in [1.29, 1.82) is 0 Å². The Morgan fingerprint density at radius 1 is 1.20 bits per heavy atom. The van der Waals surface area contributed by atoms with Crippen LogP contribution in [0.2, 0.25) is 0 Å². The SMILES string of the molecule is C=CCOc1ccc(/C=C2\SC(=O)N(CC(=O)N(C(C)C)C(C)C)C2=O)cc1OC. The Morgan fingerprint density at radius 2 is 1.87 bits per heavy atom. The highest BCUT2D eigenvalue weighted by molar-refractivity contribution is 8.18. The second-order valence-corrected chi connectivity index (χ2v) is 8.26. The van der Waals surface area contributed by atoms with Crippen molar-refractivity contribution in [3.8, 4) is 11.5 Å². The predicted octanol–water partition coefficient (Wildman–Crippen LogP) is 3.94. The summed E-state index contributed by atoms with van der Waals surface area (Å²) in [5.74, 6) is 0.325. The van der Waals surface area contributed by atoms with Crippen molar-refractivity contribution in [2.45, 2.75) is 39.8 Å². The molecule has 1 aliphatic heterocycles. The maximum absolute atomic E-state index is 12.8. The van der Waals surface area contributed by atoms with Crippen LogP contribution in [0.5, 0.6) is 11.5 Å². The molecule has 7 nitrogen and oxygen atoms in total. The first-order valence-corrected chi connectivity index (χ1v) is 10.5. The summed E-state index contributed by atoms with van der Waals surface area (Å²) >= 11 is 0.821. The van der Waals surface area contributed by atoms with E-state index in [1.54, 1.807) is 35.3 Å². The molecule has 30 heavy (non-hydrogen) atoms. The van der Waals surface area contributed by atoms with Crippen molar-refractivity contribution in [3.05, 3.63) is 41.3 Å². The van der Waals surface area contributed by atoms with E-state index in [2.05, 4.69) is 6.58 Å². The van der Waals surface area contributed by atoms with Crippen LogP contribution in [0.15, 0.2) is 35.8 Å². The normalized spacial score (nSPS) is 15.3. The molecule has 1 saturated heterocycles. The van der Waals surface area contributed by atoms with Gasteiger partial charge in [0.2, 0.25) is 5.91 Å². The number of hydrogen-bond acceptors (Lipinski definition) is 6. The minimum atomic E-state index is -0.475. The fourth-order valence-electron chi connectivity index (χ4n) is 3.22. The molecule has 8 heteroatoms. The van der Waals surface area contributed by atoms with Crippen LogP contribution in [-0.4, -0.2) is 59.2 Å². The molecule has 162 valence electrons. The number of nitrogens with zero attached hydrogens (tertiary/aromatic N) is 2. The summed E-state index contributed by atoms with van der Waals surface area (Å²) in [5.41, 5.74) is 0.681. The van der Waals surface area contributed by atoms with E-state index in [0.717, 1.165) is 16.7 Å². The highest BCUT2D eigenvalue weighted by atomic mass is 32.2. The number of rotatable bonds is 9. The van der Waals surface area contributed by atoms with Gasteiger partial charge >= 0.3 is 0 Å². The van der Waals surface area contributed by atoms with Crippen molar-refractivity contribution >= 4 is 34.9 Å². The molecule has 0 atom stereocenters. The van der Waals surface area contributed by atoms with Crippen molar-refractivity contribution in [2.75, 3.05) is 20.3 Å². The molecule has 0 aliphatic carbocycles. The predicted molar refractivity (Wildman–Crippen MR) is 118 cm³/mol. The molecule has 2 rings (SSSR count). The van der Waals surface area contributed by atoms with Gasteiger partial charge in [0.05, 0.1) is 12.0 Å². The summed E-state index contributed by atoms with van der Waals surface area (Å²) in [6.07, 6.45) is 3.24. The Balaban J connectivity index is 2.20. The number of ether oxygens (including phenoxy) is 2. The summed E-state index contributed by atoms with van der Waals surface area (Å²) in [6.45, 7) is 11.3. The second-order valence-electron chi connectivity index (χ2n) is 7.27. The van der Waals surface area contributed by atoms with Gasteiger partial charge in [0.25, 0.3) is 11.1 Å². The first-order chi connectivity index (χ1) is 14.2. The number of imide groups is 1. The van der Waals surface area contributed by atoms with E-state index < -0.39 is 11.1 Å². The quantitative estimate of drug-likeness (QED) is 0.435. The number of thioether (sulfide) groups is 1. The van der Waals surface area contributed by atoms with Gasteiger partial charge in [-0.1, -0.05) is 18.7 Å². The summed E-state index contributed by atoms with van der Waals surface area (Å²) < 4.78 is 10.9. The zero-order valence-corrected chi connectivity index (χ0v) is 18.8. The van der Waals surface area contributed by atoms with Crippen molar-refractivity contribution in [3.63, 3.8) is 0 Å². The van der Waals surface area contributed by atoms with Crippen molar-refractivity contribution in [2.24, 2.45) is 0 Å². The summed E-state index contributed by atoms with van der Waals surface area (Å²) in [6, 6.07) is 5.16. The molecule has 0 radical (unpaired) electrons. The summed E-state index contributed by atoms with van der Waals surface area (Å²) in [7, 11) is 1.52. The van der Waals surface area contributed by atoms with Crippen LogP contribution >= 0.6 is 11.8 Å². The molecule has 1 fully saturated rings. The Morgan fingerprint density at radius 3 is 2.43 bits per heavy atom. The van der Waals surface area contributed by atoms with Gasteiger partial charge in [-0.15, -0.1) is 0 Å². The number of benzene rings is 1. The topological polar surface area (TPSA) is 76.2 Å².